The number of carbonyl (C=O) groups is 1. The summed E-state index contributed by atoms with van der Waals surface area (Å²) in [5.41, 5.74) is -1.26. The minimum absolute atomic E-state index is 0.0992. The zero-order valence-electron chi connectivity index (χ0n) is 10.1. The highest BCUT2D eigenvalue weighted by atomic mass is 79.9. The number of anilines is 2. The van der Waals surface area contributed by atoms with Crippen LogP contribution in [0.5, 0.6) is 0 Å². The van der Waals surface area contributed by atoms with Gasteiger partial charge in [0, 0.05) is 4.47 Å². The highest BCUT2D eigenvalue weighted by Crippen LogP contribution is 2.38. The summed E-state index contributed by atoms with van der Waals surface area (Å²) < 4.78 is 39.3. The Labute approximate surface area is 130 Å². The third-order valence-corrected chi connectivity index (χ3v) is 3.29. The third-order valence-electron chi connectivity index (χ3n) is 2.49. The molecule has 110 valence electrons. The van der Waals surface area contributed by atoms with Gasteiger partial charge < -0.3 is 5.32 Å². The van der Waals surface area contributed by atoms with Crippen molar-refractivity contribution in [3.63, 3.8) is 0 Å². The van der Waals surface area contributed by atoms with Gasteiger partial charge in [0.1, 0.15) is 17.3 Å². The lowest BCUT2D eigenvalue weighted by Gasteiger charge is -2.15. The van der Waals surface area contributed by atoms with Crippen molar-refractivity contribution in [1.29, 1.82) is 0 Å². The Bertz CT molecular complexity index is 694. The molecule has 0 atom stereocenters. The van der Waals surface area contributed by atoms with Crippen LogP contribution in [0.1, 0.15) is 15.9 Å². The Morgan fingerprint density at radius 1 is 1.29 bits per heavy atom. The van der Waals surface area contributed by atoms with E-state index >= 15 is 0 Å². The molecule has 0 radical (unpaired) electrons. The standard InChI is InChI=1S/C12H6BrClF3N3O/c13-6-1-2-9(8(3-6)12(15,16)17)20-11-7(4-21)10(14)18-5-19-11/h1-5H,(H,18,19,20). The molecule has 0 unspecified atom stereocenters. The van der Waals surface area contributed by atoms with Crippen LogP contribution in [0.4, 0.5) is 24.7 Å². The number of rotatable bonds is 3. The molecule has 2 rings (SSSR count). The zero-order chi connectivity index (χ0) is 15.6. The second-order valence-electron chi connectivity index (χ2n) is 3.86. The van der Waals surface area contributed by atoms with Crippen LogP contribution >= 0.6 is 27.5 Å². The molecule has 0 fully saturated rings. The Hall–Kier alpha value is -1.67. The number of carbonyl (C=O) groups excluding carboxylic acids is 1. The zero-order valence-corrected chi connectivity index (χ0v) is 12.4. The van der Waals surface area contributed by atoms with E-state index in [0.29, 0.717) is 6.29 Å². The monoisotopic (exact) mass is 379 g/mol. The molecule has 0 aliphatic heterocycles. The molecule has 0 spiro atoms. The van der Waals surface area contributed by atoms with Crippen LogP contribution in [-0.2, 0) is 6.18 Å². The summed E-state index contributed by atoms with van der Waals surface area (Å²) in [4.78, 5) is 18.3. The van der Waals surface area contributed by atoms with Crippen LogP contribution in [0.2, 0.25) is 5.15 Å². The first kappa shape index (κ1) is 15.7. The summed E-state index contributed by atoms with van der Waals surface area (Å²) in [7, 11) is 0. The van der Waals surface area contributed by atoms with Gasteiger partial charge in [-0.3, -0.25) is 4.79 Å². The fourth-order valence-electron chi connectivity index (χ4n) is 1.57. The fraction of sp³-hybridized carbons (Fsp3) is 0.0833. The number of nitrogens with zero attached hydrogens (tertiary/aromatic N) is 2. The molecule has 0 aliphatic carbocycles. The van der Waals surface area contributed by atoms with Crippen LogP contribution in [0.15, 0.2) is 29.0 Å². The van der Waals surface area contributed by atoms with Crippen LogP contribution in [0.3, 0.4) is 0 Å². The number of benzene rings is 1. The largest absolute Gasteiger partial charge is 0.418 e. The molecular formula is C12H6BrClF3N3O. The minimum atomic E-state index is -4.57. The number of alkyl halides is 3. The second kappa shape index (κ2) is 5.98. The highest BCUT2D eigenvalue weighted by molar-refractivity contribution is 9.10. The Balaban J connectivity index is 2.50. The highest BCUT2D eigenvalue weighted by Gasteiger charge is 2.34. The Morgan fingerprint density at radius 2 is 2.00 bits per heavy atom. The summed E-state index contributed by atoms with van der Waals surface area (Å²) in [6, 6.07) is 3.57. The van der Waals surface area contributed by atoms with Gasteiger partial charge in [-0.15, -0.1) is 0 Å². The molecule has 4 nitrogen and oxygen atoms in total. The molecule has 0 saturated heterocycles. The molecule has 1 aromatic carbocycles. The summed E-state index contributed by atoms with van der Waals surface area (Å²) >= 11 is 8.68. The Kier molecular flexibility index (Phi) is 4.48. The molecular weight excluding hydrogens is 375 g/mol. The van der Waals surface area contributed by atoms with E-state index in [1.165, 1.54) is 12.1 Å². The average Bonchev–Trinajstić information content (AvgIpc) is 2.40. The van der Waals surface area contributed by atoms with E-state index < -0.39 is 11.7 Å². The molecule has 21 heavy (non-hydrogen) atoms. The van der Waals surface area contributed by atoms with Gasteiger partial charge in [-0.25, -0.2) is 9.97 Å². The summed E-state index contributed by atoms with van der Waals surface area (Å²) in [5, 5.41) is 2.31. The molecule has 1 heterocycles. The number of hydrogen-bond donors (Lipinski definition) is 1. The van der Waals surface area contributed by atoms with Gasteiger partial charge in [-0.1, -0.05) is 27.5 Å². The summed E-state index contributed by atoms with van der Waals surface area (Å²) in [6.45, 7) is 0. The van der Waals surface area contributed by atoms with Gasteiger partial charge in [-0.05, 0) is 18.2 Å². The van der Waals surface area contributed by atoms with Crippen molar-refractivity contribution in [3.8, 4) is 0 Å². The summed E-state index contributed by atoms with van der Waals surface area (Å²) in [5.74, 6) is -0.0992. The molecule has 0 amide bonds. The molecule has 1 aromatic heterocycles. The van der Waals surface area contributed by atoms with Gasteiger partial charge in [-0.2, -0.15) is 13.2 Å². The Morgan fingerprint density at radius 3 is 2.62 bits per heavy atom. The minimum Gasteiger partial charge on any atom is -0.339 e. The number of aromatic nitrogens is 2. The predicted molar refractivity (Wildman–Crippen MR) is 74.9 cm³/mol. The molecule has 2 aromatic rings. The van der Waals surface area contributed by atoms with E-state index in [1.54, 1.807) is 0 Å². The maximum atomic E-state index is 13.0. The molecule has 9 heteroatoms. The summed E-state index contributed by atoms with van der Waals surface area (Å²) in [6.07, 6.45) is -3.15. The fourth-order valence-corrected chi connectivity index (χ4v) is 2.10. The molecule has 1 N–H and O–H groups in total. The van der Waals surface area contributed by atoms with Crippen molar-refractivity contribution < 1.29 is 18.0 Å². The van der Waals surface area contributed by atoms with Gasteiger partial charge >= 0.3 is 6.18 Å². The van der Waals surface area contributed by atoms with Crippen molar-refractivity contribution in [3.05, 3.63) is 45.3 Å². The SMILES string of the molecule is O=Cc1c(Cl)ncnc1Nc1ccc(Br)cc1C(F)(F)F. The van der Waals surface area contributed by atoms with Crippen molar-refractivity contribution >= 4 is 45.3 Å². The second-order valence-corrected chi connectivity index (χ2v) is 5.13. The van der Waals surface area contributed by atoms with Crippen molar-refractivity contribution in [2.45, 2.75) is 6.18 Å². The lowest BCUT2D eigenvalue weighted by Crippen LogP contribution is -2.10. The van der Waals surface area contributed by atoms with E-state index in [2.05, 4.69) is 31.2 Å². The quantitative estimate of drug-likeness (QED) is 0.631. The van der Waals surface area contributed by atoms with E-state index in [1.807, 2.05) is 0 Å². The maximum Gasteiger partial charge on any atom is 0.418 e. The van der Waals surface area contributed by atoms with Crippen LogP contribution in [-0.4, -0.2) is 16.3 Å². The lowest BCUT2D eigenvalue weighted by atomic mass is 10.1. The molecule has 0 bridgehead atoms. The van der Waals surface area contributed by atoms with Gasteiger partial charge in [0.15, 0.2) is 6.29 Å². The first-order valence-electron chi connectivity index (χ1n) is 5.42. The van der Waals surface area contributed by atoms with E-state index in [4.69, 9.17) is 11.6 Å². The number of hydrogen-bond acceptors (Lipinski definition) is 4. The van der Waals surface area contributed by atoms with Crippen LogP contribution in [0, 0.1) is 0 Å². The first-order valence-corrected chi connectivity index (χ1v) is 6.59. The molecule has 0 aliphatic rings. The van der Waals surface area contributed by atoms with Gasteiger partial charge in [0.25, 0.3) is 0 Å². The first-order chi connectivity index (χ1) is 9.82. The van der Waals surface area contributed by atoms with Crippen molar-refractivity contribution in [2.24, 2.45) is 0 Å². The van der Waals surface area contributed by atoms with E-state index in [9.17, 15) is 18.0 Å². The van der Waals surface area contributed by atoms with E-state index in [0.717, 1.165) is 12.4 Å². The lowest BCUT2D eigenvalue weighted by molar-refractivity contribution is -0.137. The normalized spacial score (nSPS) is 11.3. The number of aldehydes is 1. The number of nitrogens with one attached hydrogen (secondary N) is 1. The molecule has 0 saturated carbocycles. The van der Waals surface area contributed by atoms with Gasteiger partial charge in [0.2, 0.25) is 0 Å². The van der Waals surface area contributed by atoms with Crippen molar-refractivity contribution in [1.82, 2.24) is 9.97 Å². The van der Waals surface area contributed by atoms with Crippen molar-refractivity contribution in [2.75, 3.05) is 5.32 Å². The predicted octanol–water partition coefficient (Wildman–Crippen LogP) is 4.47. The smallest absolute Gasteiger partial charge is 0.339 e. The number of halogens is 5. The van der Waals surface area contributed by atoms with E-state index in [-0.39, 0.29) is 26.7 Å². The topological polar surface area (TPSA) is 54.9 Å². The average molecular weight is 381 g/mol. The van der Waals surface area contributed by atoms with Gasteiger partial charge in [0.05, 0.1) is 16.8 Å². The third kappa shape index (κ3) is 3.51. The maximum absolute atomic E-state index is 13.0. The van der Waals surface area contributed by atoms with Crippen LogP contribution < -0.4 is 5.32 Å². The van der Waals surface area contributed by atoms with Crippen LogP contribution in [0.25, 0.3) is 0 Å².